The number of alkyl carbamates (subject to hydrolysis) is 2. The van der Waals surface area contributed by atoms with Crippen molar-refractivity contribution in [2.45, 2.75) is 113 Å². The average molecular weight is 790 g/mol. The fourth-order valence-corrected chi connectivity index (χ4v) is 6.30. The standard InChI is InChI=1S/C25H29N3O5.C17H26N2O4.CH4/c1-14-10-16(21(26)29)11-15(2)20(14)12-17(27-24(32)33-25(3,4)5)13-28-22(30)18-8-6-7-9-19(18)23(28)31;1-10-6-12(15(18)21)7-11(2)14(10)8-13(9-20)19-16(22)23-17(3,4)5;/h6-11,17H,12-13H2,1-5H3,(H2,26,29)(H,27,32);6-7,13,20H,8-9H2,1-5H3,(H2,18,21)(H,19,22);1H4. The van der Waals surface area contributed by atoms with Crippen LogP contribution in [-0.2, 0) is 22.3 Å². The summed E-state index contributed by atoms with van der Waals surface area (Å²) < 4.78 is 10.6. The van der Waals surface area contributed by atoms with Crippen molar-refractivity contribution < 1.29 is 43.3 Å². The van der Waals surface area contributed by atoms with Crippen molar-refractivity contribution in [3.8, 4) is 0 Å². The van der Waals surface area contributed by atoms with Crippen molar-refractivity contribution in [1.29, 1.82) is 0 Å². The Morgan fingerprint density at radius 1 is 0.667 bits per heavy atom. The summed E-state index contributed by atoms with van der Waals surface area (Å²) in [5, 5.41) is 15.0. The van der Waals surface area contributed by atoms with Gasteiger partial charge in [0.15, 0.2) is 0 Å². The van der Waals surface area contributed by atoms with E-state index in [0.717, 1.165) is 38.3 Å². The lowest BCUT2D eigenvalue weighted by atomic mass is 9.93. The van der Waals surface area contributed by atoms with Gasteiger partial charge in [0, 0.05) is 11.1 Å². The van der Waals surface area contributed by atoms with Gasteiger partial charge < -0.3 is 36.7 Å². The predicted octanol–water partition coefficient (Wildman–Crippen LogP) is 5.60. The Kier molecular flexibility index (Phi) is 16.1. The lowest BCUT2D eigenvalue weighted by Gasteiger charge is -2.27. The number of rotatable bonds is 11. The highest BCUT2D eigenvalue weighted by molar-refractivity contribution is 6.21. The van der Waals surface area contributed by atoms with E-state index in [1.54, 1.807) is 90.1 Å². The lowest BCUT2D eigenvalue weighted by molar-refractivity contribution is 0.0466. The van der Waals surface area contributed by atoms with Gasteiger partial charge in [-0.25, -0.2) is 9.59 Å². The van der Waals surface area contributed by atoms with E-state index < -0.39 is 59.1 Å². The summed E-state index contributed by atoms with van der Waals surface area (Å²) in [6, 6.07) is 12.4. The van der Waals surface area contributed by atoms with E-state index in [1.807, 2.05) is 27.7 Å². The number of benzene rings is 3. The first-order valence-electron chi connectivity index (χ1n) is 18.3. The zero-order valence-corrected chi connectivity index (χ0v) is 33.9. The molecule has 57 heavy (non-hydrogen) atoms. The maximum atomic E-state index is 12.9. The van der Waals surface area contributed by atoms with Crippen molar-refractivity contribution in [3.05, 3.63) is 104 Å². The Morgan fingerprint density at radius 3 is 1.32 bits per heavy atom. The summed E-state index contributed by atoms with van der Waals surface area (Å²) >= 11 is 0. The third-order valence-corrected chi connectivity index (χ3v) is 8.81. The minimum atomic E-state index is -0.709. The minimum Gasteiger partial charge on any atom is -0.444 e. The lowest BCUT2D eigenvalue weighted by Crippen LogP contribution is -2.48. The highest BCUT2D eigenvalue weighted by Crippen LogP contribution is 2.25. The van der Waals surface area contributed by atoms with Crippen LogP contribution in [0.4, 0.5) is 9.59 Å². The molecule has 14 heteroatoms. The first-order valence-corrected chi connectivity index (χ1v) is 18.3. The number of nitrogens with one attached hydrogen (secondary N) is 2. The van der Waals surface area contributed by atoms with Gasteiger partial charge in [0.05, 0.1) is 36.4 Å². The molecule has 0 aromatic heterocycles. The van der Waals surface area contributed by atoms with Crippen LogP contribution < -0.4 is 22.1 Å². The quantitative estimate of drug-likeness (QED) is 0.152. The summed E-state index contributed by atoms with van der Waals surface area (Å²) in [7, 11) is 0. The number of nitrogens with two attached hydrogens (primary N) is 2. The highest BCUT2D eigenvalue weighted by atomic mass is 16.6. The molecule has 4 rings (SSSR count). The smallest absolute Gasteiger partial charge is 0.407 e. The third kappa shape index (κ3) is 13.4. The molecule has 0 aliphatic carbocycles. The average Bonchev–Trinajstić information content (AvgIpc) is 3.30. The molecule has 1 aliphatic heterocycles. The molecule has 1 aliphatic rings. The van der Waals surface area contributed by atoms with Gasteiger partial charge in [-0.1, -0.05) is 19.6 Å². The minimum absolute atomic E-state index is 0. The molecular formula is C43H59N5O9. The number of fused-ring (bicyclic) bond motifs is 1. The van der Waals surface area contributed by atoms with Crippen LogP contribution in [-0.4, -0.2) is 82.3 Å². The molecule has 7 N–H and O–H groups in total. The van der Waals surface area contributed by atoms with Crippen molar-refractivity contribution in [2.75, 3.05) is 13.2 Å². The Morgan fingerprint density at radius 2 is 1.00 bits per heavy atom. The van der Waals surface area contributed by atoms with Gasteiger partial charge in [-0.3, -0.25) is 24.1 Å². The molecule has 310 valence electrons. The van der Waals surface area contributed by atoms with Crippen LogP contribution in [0.25, 0.3) is 0 Å². The van der Waals surface area contributed by atoms with E-state index in [-0.39, 0.29) is 20.6 Å². The Labute approximate surface area is 335 Å². The van der Waals surface area contributed by atoms with Crippen LogP contribution >= 0.6 is 0 Å². The summed E-state index contributed by atoms with van der Waals surface area (Å²) in [5.74, 6) is -1.80. The number of primary amides is 2. The number of nitrogens with zero attached hydrogens (tertiary/aromatic N) is 1. The first-order chi connectivity index (χ1) is 25.9. The largest absolute Gasteiger partial charge is 0.444 e. The Balaban J connectivity index is 0.000000413. The maximum absolute atomic E-state index is 12.9. The maximum Gasteiger partial charge on any atom is 0.407 e. The molecular weight excluding hydrogens is 730 g/mol. The summed E-state index contributed by atoms with van der Waals surface area (Å²) in [4.78, 5) is 74.1. The van der Waals surface area contributed by atoms with E-state index in [0.29, 0.717) is 35.1 Å². The number of amides is 6. The van der Waals surface area contributed by atoms with Gasteiger partial charge in [0.1, 0.15) is 11.2 Å². The highest BCUT2D eigenvalue weighted by Gasteiger charge is 2.37. The third-order valence-electron chi connectivity index (χ3n) is 8.81. The van der Waals surface area contributed by atoms with E-state index in [1.165, 1.54) is 0 Å². The number of imide groups is 1. The normalized spacial score (nSPS) is 13.3. The molecule has 0 saturated carbocycles. The number of aryl methyl sites for hydroxylation is 4. The van der Waals surface area contributed by atoms with E-state index >= 15 is 0 Å². The van der Waals surface area contributed by atoms with E-state index in [4.69, 9.17) is 20.9 Å². The van der Waals surface area contributed by atoms with Gasteiger partial charge in [-0.05, 0) is 152 Å². The monoisotopic (exact) mass is 789 g/mol. The number of ether oxygens (including phenoxy) is 2. The second-order valence-electron chi connectivity index (χ2n) is 15.9. The summed E-state index contributed by atoms with van der Waals surface area (Å²) in [6.45, 7) is 17.8. The Bertz CT molecular complexity index is 1910. The van der Waals surface area contributed by atoms with Crippen LogP contribution in [0.15, 0.2) is 48.5 Å². The van der Waals surface area contributed by atoms with Gasteiger partial charge in [0.2, 0.25) is 11.8 Å². The molecule has 3 aromatic rings. The zero-order chi connectivity index (χ0) is 42.3. The number of aliphatic hydroxyl groups is 1. The number of hydrogen-bond donors (Lipinski definition) is 5. The Hall–Kier alpha value is -5.76. The molecule has 0 spiro atoms. The van der Waals surface area contributed by atoms with Crippen molar-refractivity contribution in [2.24, 2.45) is 11.5 Å². The molecule has 2 unspecified atom stereocenters. The molecule has 2 atom stereocenters. The molecule has 3 aromatic carbocycles. The summed E-state index contributed by atoms with van der Waals surface area (Å²) in [5.41, 5.74) is 16.2. The van der Waals surface area contributed by atoms with Crippen LogP contribution in [0.2, 0.25) is 0 Å². The van der Waals surface area contributed by atoms with Crippen LogP contribution in [0, 0.1) is 27.7 Å². The fraction of sp³-hybridized carbons (Fsp3) is 0.442. The molecule has 0 radical (unpaired) electrons. The van der Waals surface area contributed by atoms with Gasteiger partial charge in [-0.15, -0.1) is 0 Å². The van der Waals surface area contributed by atoms with Gasteiger partial charge >= 0.3 is 12.2 Å². The number of carbonyl (C=O) groups is 6. The molecule has 14 nitrogen and oxygen atoms in total. The number of carbonyl (C=O) groups excluding carboxylic acids is 6. The number of hydrogen-bond acceptors (Lipinski definition) is 9. The second kappa shape index (κ2) is 19.4. The van der Waals surface area contributed by atoms with Crippen LogP contribution in [0.1, 0.15) is 124 Å². The zero-order valence-electron chi connectivity index (χ0n) is 33.9. The predicted molar refractivity (Wildman–Crippen MR) is 218 cm³/mol. The topological polar surface area (TPSA) is 220 Å². The molecule has 6 amide bonds. The summed E-state index contributed by atoms with van der Waals surface area (Å²) in [6.07, 6.45) is -0.454. The fourth-order valence-electron chi connectivity index (χ4n) is 6.30. The number of aliphatic hydroxyl groups excluding tert-OH is 1. The van der Waals surface area contributed by atoms with Crippen LogP contribution in [0.5, 0.6) is 0 Å². The molecule has 0 fully saturated rings. The molecule has 1 heterocycles. The molecule has 0 bridgehead atoms. The van der Waals surface area contributed by atoms with Crippen LogP contribution in [0.3, 0.4) is 0 Å². The van der Waals surface area contributed by atoms with E-state index in [9.17, 15) is 33.9 Å². The molecule has 0 saturated heterocycles. The van der Waals surface area contributed by atoms with Crippen molar-refractivity contribution in [1.82, 2.24) is 15.5 Å². The van der Waals surface area contributed by atoms with E-state index in [2.05, 4.69) is 10.6 Å². The second-order valence-corrected chi connectivity index (χ2v) is 15.9. The van der Waals surface area contributed by atoms with Crippen molar-refractivity contribution in [3.63, 3.8) is 0 Å². The van der Waals surface area contributed by atoms with Gasteiger partial charge in [-0.2, -0.15) is 0 Å². The first kappa shape index (κ1) is 47.4. The van der Waals surface area contributed by atoms with Gasteiger partial charge in [0.25, 0.3) is 11.8 Å². The van der Waals surface area contributed by atoms with Crippen molar-refractivity contribution >= 4 is 35.8 Å². The SMILES string of the molecule is C.Cc1cc(C(N)=O)cc(C)c1CC(CN1C(=O)c2ccccc2C1=O)NC(=O)OC(C)(C)C.Cc1cc(C(N)=O)cc(C)c1CC(CO)NC(=O)OC(C)(C)C.